The number of ether oxygens (including phenoxy) is 2. The second kappa shape index (κ2) is 7.76. The minimum absolute atomic E-state index is 0.0940. The van der Waals surface area contributed by atoms with Gasteiger partial charge in [-0.1, -0.05) is 24.3 Å². The first kappa shape index (κ1) is 18.8. The Kier molecular flexibility index (Phi) is 4.30. The largest absolute Gasteiger partial charge is 0.497 e. The van der Waals surface area contributed by atoms with Gasteiger partial charge >= 0.3 is 5.97 Å². The van der Waals surface area contributed by atoms with Gasteiger partial charge in [0.05, 0.1) is 33.8 Å². The number of nitrogens with zero attached hydrogens (tertiary/aromatic N) is 2. The van der Waals surface area contributed by atoms with E-state index >= 15 is 0 Å². The monoisotopic (exact) mass is 485 g/mol. The van der Waals surface area contributed by atoms with E-state index < -0.39 is 63.5 Å². The average Bonchev–Trinajstić information content (AvgIpc) is 3.25. The SMILES string of the molecule is [2H]C([2H])([2H])[C@@]1(C)[C@H](C(=O)OCc2ccc(OC)cc2)N2C(=O)[C@H](N3C(=O)c4ccccc4C3=O)[C@@H]2S1=O. The maximum absolute atomic E-state index is 13.7. The van der Waals surface area contributed by atoms with Crippen LogP contribution in [0, 0.1) is 0 Å². The maximum atomic E-state index is 13.7. The molecule has 3 heterocycles. The molecule has 2 aromatic rings. The van der Waals surface area contributed by atoms with Crippen molar-refractivity contribution in [3.05, 3.63) is 65.2 Å². The van der Waals surface area contributed by atoms with Crippen LogP contribution >= 0.6 is 0 Å². The van der Waals surface area contributed by atoms with E-state index in [1.165, 1.54) is 19.2 Å². The fourth-order valence-electron chi connectivity index (χ4n) is 4.58. The third kappa shape index (κ3) is 3.01. The van der Waals surface area contributed by atoms with Crippen LogP contribution in [0.3, 0.4) is 0 Å². The lowest BCUT2D eigenvalue weighted by molar-refractivity contribution is -0.166. The molecule has 0 radical (unpaired) electrons. The van der Waals surface area contributed by atoms with Crippen LogP contribution in [-0.4, -0.2) is 67.0 Å². The molecular weight excluding hydrogens is 460 g/mol. The summed E-state index contributed by atoms with van der Waals surface area (Å²) in [5.41, 5.74) is 0.771. The fourth-order valence-corrected chi connectivity index (χ4v) is 6.42. The number of β-lactam (4-membered cyclic amide) rings is 1. The highest BCUT2D eigenvalue weighted by atomic mass is 32.2. The van der Waals surface area contributed by atoms with Gasteiger partial charge in [0.15, 0.2) is 6.04 Å². The van der Waals surface area contributed by atoms with E-state index in [0.29, 0.717) is 11.3 Å². The minimum Gasteiger partial charge on any atom is -0.497 e. The number of benzene rings is 2. The van der Waals surface area contributed by atoms with Gasteiger partial charge < -0.3 is 14.4 Å². The zero-order valence-electron chi connectivity index (χ0n) is 21.2. The van der Waals surface area contributed by atoms with Crippen LogP contribution in [-0.2, 0) is 31.7 Å². The number of hydrogen-bond acceptors (Lipinski definition) is 7. The summed E-state index contributed by atoms with van der Waals surface area (Å²) in [6, 6.07) is 9.42. The second-order valence-corrected chi connectivity index (χ2v) is 10.3. The van der Waals surface area contributed by atoms with Crippen molar-refractivity contribution in [3.8, 4) is 5.75 Å². The van der Waals surface area contributed by atoms with Gasteiger partial charge in [-0.25, -0.2) is 4.79 Å². The Balaban J connectivity index is 1.45. The van der Waals surface area contributed by atoms with Gasteiger partial charge in [-0.15, -0.1) is 0 Å². The van der Waals surface area contributed by atoms with E-state index in [1.807, 2.05) is 0 Å². The number of fused-ring (bicyclic) bond motifs is 2. The minimum atomic E-state index is -2.94. The molecule has 0 N–H and O–H groups in total. The van der Waals surface area contributed by atoms with E-state index in [9.17, 15) is 23.4 Å². The molecule has 0 bridgehead atoms. The van der Waals surface area contributed by atoms with Gasteiger partial charge in [0.2, 0.25) is 0 Å². The highest BCUT2D eigenvalue weighted by molar-refractivity contribution is 7.87. The summed E-state index contributed by atoms with van der Waals surface area (Å²) in [6.45, 7) is -2.02. The van der Waals surface area contributed by atoms with Crippen molar-refractivity contribution >= 4 is 34.5 Å². The number of esters is 1. The Labute approximate surface area is 202 Å². The van der Waals surface area contributed by atoms with Gasteiger partial charge in [0.1, 0.15) is 23.8 Å². The number of hydrogen-bond donors (Lipinski definition) is 0. The maximum Gasteiger partial charge on any atom is 0.330 e. The van der Waals surface area contributed by atoms with Crippen LogP contribution in [0.5, 0.6) is 5.75 Å². The Hall–Kier alpha value is -3.53. The van der Waals surface area contributed by atoms with Gasteiger partial charge in [-0.3, -0.25) is 23.5 Å². The van der Waals surface area contributed by atoms with E-state index in [2.05, 4.69) is 0 Å². The molecule has 34 heavy (non-hydrogen) atoms. The molecule has 2 aromatic carbocycles. The van der Waals surface area contributed by atoms with Gasteiger partial charge in [-0.05, 0) is 43.6 Å². The molecule has 9 nitrogen and oxygen atoms in total. The molecule has 2 fully saturated rings. The summed E-state index contributed by atoms with van der Waals surface area (Å²) in [5.74, 6) is -2.77. The van der Waals surface area contributed by atoms with E-state index in [1.54, 1.807) is 36.4 Å². The summed E-state index contributed by atoms with van der Waals surface area (Å²) in [6.07, 6.45) is 0. The average molecular weight is 486 g/mol. The van der Waals surface area contributed by atoms with Crippen LogP contribution < -0.4 is 4.74 Å². The lowest BCUT2D eigenvalue weighted by Crippen LogP contribution is -2.72. The molecular formula is C24H22N2O7S. The van der Waals surface area contributed by atoms with Crippen molar-refractivity contribution in [1.82, 2.24) is 9.80 Å². The molecule has 3 amide bonds. The molecule has 5 rings (SSSR count). The van der Waals surface area contributed by atoms with E-state index in [0.717, 1.165) is 16.7 Å². The molecule has 0 aliphatic carbocycles. The molecule has 3 aliphatic heterocycles. The summed E-state index contributed by atoms with van der Waals surface area (Å²) >= 11 is 0. The van der Waals surface area contributed by atoms with Crippen molar-refractivity contribution < 1.29 is 37.0 Å². The molecule has 10 heteroatoms. The number of rotatable bonds is 5. The molecule has 0 aromatic heterocycles. The Morgan fingerprint density at radius 1 is 1.09 bits per heavy atom. The number of carbonyl (C=O) groups excluding carboxylic acids is 4. The van der Waals surface area contributed by atoms with Crippen LogP contribution in [0.2, 0.25) is 0 Å². The first-order chi connectivity index (χ1) is 17.4. The molecule has 0 saturated carbocycles. The van der Waals surface area contributed by atoms with Crippen molar-refractivity contribution in [1.29, 1.82) is 0 Å². The summed E-state index contributed by atoms with van der Waals surface area (Å²) in [7, 11) is -0.849. The molecule has 0 spiro atoms. The Morgan fingerprint density at radius 3 is 2.26 bits per heavy atom. The fraction of sp³-hybridized carbons (Fsp3) is 0.333. The first-order valence-corrected chi connectivity index (χ1v) is 11.6. The standard InChI is InChI=1S/C24H22N2O7S/c1-24(2)18(23(30)33-12-13-8-10-14(32-3)11-9-13)26-21(29)17(22(26)34(24)31)25-19(27)15-6-4-5-7-16(15)20(25)28/h4-11,17-18,22H,12H2,1-3H3/t17-,18-,22-,34?/m0/s1/i1D3/t17-,18-,22-,24+,34?. The van der Waals surface area contributed by atoms with E-state index in [4.69, 9.17) is 13.6 Å². The summed E-state index contributed by atoms with van der Waals surface area (Å²) < 4.78 is 46.2. The zero-order valence-corrected chi connectivity index (χ0v) is 19.0. The molecule has 5 atom stereocenters. The van der Waals surface area contributed by atoms with Gasteiger partial charge in [-0.2, -0.15) is 0 Å². The zero-order chi connectivity index (χ0) is 26.9. The van der Waals surface area contributed by atoms with Crippen molar-refractivity contribution in [3.63, 3.8) is 0 Å². The Bertz CT molecular complexity index is 1330. The highest BCUT2D eigenvalue weighted by Crippen LogP contribution is 2.46. The van der Waals surface area contributed by atoms with Crippen molar-refractivity contribution in [2.24, 2.45) is 0 Å². The van der Waals surface area contributed by atoms with Gasteiger partial charge in [0, 0.05) is 4.11 Å². The third-order valence-electron chi connectivity index (χ3n) is 6.36. The number of carbonyl (C=O) groups is 4. The predicted octanol–water partition coefficient (Wildman–Crippen LogP) is 1.48. The first-order valence-electron chi connectivity index (χ1n) is 11.9. The van der Waals surface area contributed by atoms with Crippen LogP contribution in [0.15, 0.2) is 48.5 Å². The van der Waals surface area contributed by atoms with E-state index in [-0.39, 0.29) is 17.7 Å². The molecule has 176 valence electrons. The smallest absolute Gasteiger partial charge is 0.330 e. The predicted molar refractivity (Wildman–Crippen MR) is 120 cm³/mol. The summed E-state index contributed by atoms with van der Waals surface area (Å²) in [5, 5.41) is -1.36. The third-order valence-corrected chi connectivity index (χ3v) is 8.34. The van der Waals surface area contributed by atoms with Crippen LogP contribution in [0.4, 0.5) is 0 Å². The topological polar surface area (TPSA) is 110 Å². The number of imide groups is 1. The summed E-state index contributed by atoms with van der Waals surface area (Å²) in [4.78, 5) is 54.2. The van der Waals surface area contributed by atoms with Gasteiger partial charge in [0.25, 0.3) is 17.7 Å². The molecule has 1 unspecified atom stereocenters. The van der Waals surface area contributed by atoms with Crippen LogP contribution in [0.25, 0.3) is 0 Å². The highest BCUT2D eigenvalue weighted by Gasteiger charge is 2.71. The lowest BCUT2D eigenvalue weighted by Gasteiger charge is -2.46. The van der Waals surface area contributed by atoms with Crippen molar-refractivity contribution in [2.75, 3.05) is 7.11 Å². The Morgan fingerprint density at radius 2 is 1.71 bits per heavy atom. The molecule has 3 aliphatic rings. The van der Waals surface area contributed by atoms with Crippen molar-refractivity contribution in [2.45, 2.75) is 42.6 Å². The second-order valence-electron chi connectivity index (χ2n) is 8.37. The number of methoxy groups -OCH3 is 1. The quantitative estimate of drug-likeness (QED) is 0.358. The number of amides is 3. The molecule has 2 saturated heterocycles. The normalized spacial score (nSPS) is 31.2. The lowest BCUT2D eigenvalue weighted by atomic mass is 9.95. The van der Waals surface area contributed by atoms with Crippen LogP contribution in [0.1, 0.15) is 44.2 Å².